The number of benzene rings is 1. The minimum atomic E-state index is -0.595. The van der Waals surface area contributed by atoms with Gasteiger partial charge in [0.1, 0.15) is 5.92 Å². The summed E-state index contributed by atoms with van der Waals surface area (Å²) in [5, 5.41) is 4.86. The van der Waals surface area contributed by atoms with Gasteiger partial charge in [-0.25, -0.2) is 9.67 Å². The number of carbonyl (C=O) groups excluding carboxylic acids is 2. The molecule has 0 saturated heterocycles. The zero-order valence-corrected chi connectivity index (χ0v) is 16.4. The predicted molar refractivity (Wildman–Crippen MR) is 104 cm³/mol. The molecule has 0 radical (unpaired) electrons. The number of esters is 1. The number of halogens is 1. The van der Waals surface area contributed by atoms with E-state index >= 15 is 0 Å². The van der Waals surface area contributed by atoms with Crippen LogP contribution in [0.4, 0.5) is 5.82 Å². The minimum absolute atomic E-state index is 0.220. The van der Waals surface area contributed by atoms with Gasteiger partial charge in [-0.15, -0.1) is 5.10 Å². The maximum Gasteiger partial charge on any atom is 0.315 e. The van der Waals surface area contributed by atoms with Crippen molar-refractivity contribution in [3.8, 4) is 0 Å². The summed E-state index contributed by atoms with van der Waals surface area (Å²) in [6, 6.07) is 7.40. The summed E-state index contributed by atoms with van der Waals surface area (Å²) in [7, 11) is 0. The van der Waals surface area contributed by atoms with Gasteiger partial charge in [0.2, 0.25) is 5.91 Å². The molecule has 2 atom stereocenters. The lowest BCUT2D eigenvalue weighted by Gasteiger charge is -2.30. The molecule has 142 valence electrons. The second-order valence-corrected chi connectivity index (χ2v) is 6.86. The van der Waals surface area contributed by atoms with E-state index in [-0.39, 0.29) is 18.5 Å². The van der Waals surface area contributed by atoms with E-state index in [1.807, 2.05) is 25.1 Å². The molecule has 0 spiro atoms. The van der Waals surface area contributed by atoms with E-state index in [4.69, 9.17) is 16.3 Å². The Labute approximate surface area is 163 Å². The van der Waals surface area contributed by atoms with E-state index in [1.54, 1.807) is 19.2 Å². The van der Waals surface area contributed by atoms with Gasteiger partial charge in [0.05, 0.1) is 6.61 Å². The molecule has 2 unspecified atom stereocenters. The van der Waals surface area contributed by atoms with Crippen LogP contribution < -0.4 is 0 Å². The van der Waals surface area contributed by atoms with Gasteiger partial charge in [0, 0.05) is 35.3 Å². The van der Waals surface area contributed by atoms with E-state index in [9.17, 15) is 9.59 Å². The highest BCUT2D eigenvalue weighted by molar-refractivity contribution is 6.31. The molecule has 3 rings (SSSR count). The highest BCUT2D eigenvalue weighted by Gasteiger charge is 2.42. The maximum absolute atomic E-state index is 12.9. The summed E-state index contributed by atoms with van der Waals surface area (Å²) in [5.41, 5.74) is 2.21. The smallest absolute Gasteiger partial charge is 0.315 e. The third-order valence-corrected chi connectivity index (χ3v) is 4.95. The monoisotopic (exact) mass is 387 g/mol. The Morgan fingerprint density at radius 3 is 2.59 bits per heavy atom. The topological polar surface area (TPSA) is 73.5 Å². The minimum Gasteiger partial charge on any atom is -0.465 e. The molecule has 0 saturated carbocycles. The summed E-state index contributed by atoms with van der Waals surface area (Å²) >= 11 is 6.48. The molecule has 27 heavy (non-hydrogen) atoms. The van der Waals surface area contributed by atoms with E-state index < -0.39 is 11.8 Å². The molecular weight excluding hydrogens is 366 g/mol. The first-order valence-electron chi connectivity index (χ1n) is 9.06. The zero-order valence-electron chi connectivity index (χ0n) is 15.6. The van der Waals surface area contributed by atoms with Crippen LogP contribution in [0.3, 0.4) is 0 Å². The number of carbonyl (C=O) groups is 2. The van der Waals surface area contributed by atoms with Crippen LogP contribution in [0.15, 0.2) is 35.5 Å². The SMILES string of the molecule is CCCC1=Nc2nn(C(C)=O)cc2C(c2ccccc2Cl)C1C(=O)OCC. The van der Waals surface area contributed by atoms with Gasteiger partial charge in [0.15, 0.2) is 5.82 Å². The van der Waals surface area contributed by atoms with Crippen molar-refractivity contribution < 1.29 is 14.3 Å². The van der Waals surface area contributed by atoms with Crippen molar-refractivity contribution in [3.05, 3.63) is 46.6 Å². The van der Waals surface area contributed by atoms with Crippen molar-refractivity contribution in [2.75, 3.05) is 6.61 Å². The lowest BCUT2D eigenvalue weighted by Crippen LogP contribution is -2.34. The number of aliphatic imine (C=N–C) groups is 1. The van der Waals surface area contributed by atoms with Gasteiger partial charge < -0.3 is 4.74 Å². The first kappa shape index (κ1) is 19.3. The Morgan fingerprint density at radius 1 is 1.22 bits per heavy atom. The molecule has 6 nitrogen and oxygen atoms in total. The Morgan fingerprint density at radius 2 is 1.96 bits per heavy atom. The maximum atomic E-state index is 12.9. The molecule has 7 heteroatoms. The first-order valence-corrected chi connectivity index (χ1v) is 9.44. The lowest BCUT2D eigenvalue weighted by molar-refractivity contribution is -0.146. The van der Waals surface area contributed by atoms with Crippen LogP contribution >= 0.6 is 11.6 Å². The standard InChI is InChI=1S/C20H22ClN3O3/c1-4-8-16-18(20(26)27-5-2)17(13-9-6-7-10-15(13)21)14-11-24(12(3)25)23-19(14)22-16/h6-7,9-11,17-18H,4-5,8H2,1-3H3. The Hall–Kier alpha value is -2.47. The van der Waals surface area contributed by atoms with E-state index in [1.165, 1.54) is 11.6 Å². The average molecular weight is 388 g/mol. The highest BCUT2D eigenvalue weighted by atomic mass is 35.5. The number of hydrogen-bond donors (Lipinski definition) is 0. The molecule has 0 bridgehead atoms. The summed E-state index contributed by atoms with van der Waals surface area (Å²) in [5.74, 6) is -1.10. The van der Waals surface area contributed by atoms with Crippen LogP contribution in [-0.4, -0.2) is 34.0 Å². The molecule has 1 aromatic carbocycles. The first-order chi connectivity index (χ1) is 13.0. The summed E-state index contributed by atoms with van der Waals surface area (Å²) in [6.45, 7) is 5.52. The largest absolute Gasteiger partial charge is 0.465 e. The summed E-state index contributed by atoms with van der Waals surface area (Å²) in [6.07, 6.45) is 3.10. The van der Waals surface area contributed by atoms with Crippen LogP contribution in [0.2, 0.25) is 5.02 Å². The third-order valence-electron chi connectivity index (χ3n) is 4.61. The van der Waals surface area contributed by atoms with Crippen molar-refractivity contribution in [1.82, 2.24) is 9.78 Å². The zero-order chi connectivity index (χ0) is 19.6. The fourth-order valence-electron chi connectivity index (χ4n) is 3.47. The molecule has 1 aromatic heterocycles. The van der Waals surface area contributed by atoms with Gasteiger partial charge >= 0.3 is 5.97 Å². The van der Waals surface area contributed by atoms with Crippen LogP contribution in [0.25, 0.3) is 0 Å². The van der Waals surface area contributed by atoms with Crippen LogP contribution in [0, 0.1) is 5.92 Å². The Balaban J connectivity index is 2.23. The van der Waals surface area contributed by atoms with Gasteiger partial charge in [-0.3, -0.25) is 9.59 Å². The van der Waals surface area contributed by atoms with Crippen molar-refractivity contribution >= 4 is 35.0 Å². The number of aromatic nitrogens is 2. The molecule has 1 aliphatic heterocycles. The van der Waals surface area contributed by atoms with Gasteiger partial charge in [-0.1, -0.05) is 43.1 Å². The fourth-order valence-corrected chi connectivity index (χ4v) is 3.72. The molecule has 0 aliphatic carbocycles. The summed E-state index contributed by atoms with van der Waals surface area (Å²) in [4.78, 5) is 29.3. The molecule has 1 aliphatic rings. The quantitative estimate of drug-likeness (QED) is 0.713. The molecule has 0 N–H and O–H groups in total. The average Bonchev–Trinajstić information content (AvgIpc) is 3.06. The molecule has 2 aromatic rings. The van der Waals surface area contributed by atoms with Crippen molar-refractivity contribution in [3.63, 3.8) is 0 Å². The van der Waals surface area contributed by atoms with Gasteiger partial charge in [-0.2, -0.15) is 0 Å². The van der Waals surface area contributed by atoms with Crippen molar-refractivity contribution in [2.24, 2.45) is 10.9 Å². The van der Waals surface area contributed by atoms with E-state index in [0.717, 1.165) is 12.0 Å². The number of nitrogens with zero attached hydrogens (tertiary/aromatic N) is 3. The molecule has 2 heterocycles. The highest BCUT2D eigenvalue weighted by Crippen LogP contribution is 2.45. The Bertz CT molecular complexity index is 904. The second-order valence-electron chi connectivity index (χ2n) is 6.45. The predicted octanol–water partition coefficient (Wildman–Crippen LogP) is 4.39. The van der Waals surface area contributed by atoms with Crippen LogP contribution in [-0.2, 0) is 9.53 Å². The second kappa shape index (κ2) is 8.05. The molecule has 0 amide bonds. The molecular formula is C20H22ClN3O3. The van der Waals surface area contributed by atoms with Crippen molar-refractivity contribution in [2.45, 2.75) is 39.5 Å². The van der Waals surface area contributed by atoms with Gasteiger partial charge in [0.25, 0.3) is 0 Å². The van der Waals surface area contributed by atoms with Crippen molar-refractivity contribution in [1.29, 1.82) is 0 Å². The van der Waals surface area contributed by atoms with E-state index in [2.05, 4.69) is 10.1 Å². The third kappa shape index (κ3) is 3.67. The number of hydrogen-bond acceptors (Lipinski definition) is 5. The van der Waals surface area contributed by atoms with Crippen LogP contribution in [0.5, 0.6) is 0 Å². The summed E-state index contributed by atoms with van der Waals surface area (Å²) < 4.78 is 6.62. The van der Waals surface area contributed by atoms with Gasteiger partial charge in [-0.05, 0) is 25.0 Å². The number of fused-ring (bicyclic) bond motifs is 1. The normalized spacial score (nSPS) is 18.6. The fraction of sp³-hybridized carbons (Fsp3) is 0.400. The lowest BCUT2D eigenvalue weighted by atomic mass is 9.76. The van der Waals surface area contributed by atoms with Crippen LogP contribution in [0.1, 0.15) is 55.5 Å². The Kier molecular flexibility index (Phi) is 5.75. The van der Waals surface area contributed by atoms with E-state index in [0.29, 0.717) is 28.5 Å². The number of rotatable bonds is 5. The molecule has 0 fully saturated rings. The number of ether oxygens (including phenoxy) is 1.